The summed E-state index contributed by atoms with van der Waals surface area (Å²) in [5.74, 6) is -0.282. The van der Waals surface area contributed by atoms with Crippen molar-refractivity contribution < 1.29 is 18.7 Å². The lowest BCUT2D eigenvalue weighted by atomic mass is 10.2. The highest BCUT2D eigenvalue weighted by Crippen LogP contribution is 2.23. The van der Waals surface area contributed by atoms with Gasteiger partial charge in [0, 0.05) is 37.1 Å². The van der Waals surface area contributed by atoms with Crippen LogP contribution in [0.4, 0.5) is 16.0 Å². The molecule has 0 amide bonds. The van der Waals surface area contributed by atoms with E-state index < -0.39 is 11.8 Å². The molecule has 0 aliphatic heterocycles. The van der Waals surface area contributed by atoms with Gasteiger partial charge < -0.3 is 14.8 Å². The standard InChI is InChI=1S/C18H18FN5O3/c1-4-27-17(25)16-10-15(23-24(16)2)14-5-6-20-18(22-14)21-12-7-11(19)8-13(9-12)26-3/h5-10H,4H2,1-3H3,(H,20,21,22). The van der Waals surface area contributed by atoms with Gasteiger partial charge in [-0.15, -0.1) is 0 Å². The Kier molecular flexibility index (Phi) is 5.30. The molecule has 0 fully saturated rings. The molecule has 0 bridgehead atoms. The van der Waals surface area contributed by atoms with E-state index in [2.05, 4.69) is 20.4 Å². The number of esters is 1. The SMILES string of the molecule is CCOC(=O)c1cc(-c2ccnc(Nc3cc(F)cc(OC)c3)n2)nn1C. The van der Waals surface area contributed by atoms with Crippen LogP contribution >= 0.6 is 0 Å². The molecule has 0 unspecified atom stereocenters. The zero-order chi connectivity index (χ0) is 19.4. The number of aryl methyl sites for hydroxylation is 1. The van der Waals surface area contributed by atoms with Crippen molar-refractivity contribution in [1.29, 1.82) is 0 Å². The number of hydrogen-bond donors (Lipinski definition) is 1. The monoisotopic (exact) mass is 371 g/mol. The fourth-order valence-corrected chi connectivity index (χ4v) is 2.43. The maximum absolute atomic E-state index is 13.6. The van der Waals surface area contributed by atoms with E-state index >= 15 is 0 Å². The molecule has 9 heteroatoms. The number of benzene rings is 1. The van der Waals surface area contributed by atoms with Crippen LogP contribution in [0.1, 0.15) is 17.4 Å². The van der Waals surface area contributed by atoms with Crippen molar-refractivity contribution in [2.45, 2.75) is 6.92 Å². The van der Waals surface area contributed by atoms with Crippen LogP contribution < -0.4 is 10.1 Å². The van der Waals surface area contributed by atoms with Crippen LogP contribution in [0, 0.1) is 5.82 Å². The molecular weight excluding hydrogens is 353 g/mol. The highest BCUT2D eigenvalue weighted by Gasteiger charge is 2.16. The number of methoxy groups -OCH3 is 1. The fourth-order valence-electron chi connectivity index (χ4n) is 2.43. The minimum absolute atomic E-state index is 0.253. The van der Waals surface area contributed by atoms with E-state index in [1.165, 1.54) is 23.9 Å². The lowest BCUT2D eigenvalue weighted by Gasteiger charge is -2.08. The second-order valence-electron chi connectivity index (χ2n) is 5.53. The van der Waals surface area contributed by atoms with E-state index in [-0.39, 0.29) is 12.6 Å². The molecule has 1 N–H and O–H groups in total. The molecule has 0 saturated carbocycles. The molecule has 0 spiro atoms. The zero-order valence-corrected chi connectivity index (χ0v) is 15.1. The Labute approximate surface area is 155 Å². The van der Waals surface area contributed by atoms with Crippen molar-refractivity contribution in [3.63, 3.8) is 0 Å². The average molecular weight is 371 g/mol. The van der Waals surface area contributed by atoms with Crippen LogP contribution in [-0.2, 0) is 11.8 Å². The predicted octanol–water partition coefficient (Wildman–Crippen LogP) is 2.95. The van der Waals surface area contributed by atoms with Gasteiger partial charge in [-0.1, -0.05) is 0 Å². The van der Waals surface area contributed by atoms with Gasteiger partial charge in [-0.05, 0) is 19.1 Å². The van der Waals surface area contributed by atoms with Gasteiger partial charge in [0.15, 0.2) is 0 Å². The van der Waals surface area contributed by atoms with E-state index in [9.17, 15) is 9.18 Å². The van der Waals surface area contributed by atoms with Gasteiger partial charge in [0.2, 0.25) is 5.95 Å². The first kappa shape index (κ1) is 18.3. The van der Waals surface area contributed by atoms with Gasteiger partial charge >= 0.3 is 5.97 Å². The van der Waals surface area contributed by atoms with E-state index in [4.69, 9.17) is 9.47 Å². The third kappa shape index (κ3) is 4.20. The molecule has 0 atom stereocenters. The number of rotatable bonds is 6. The molecule has 140 valence electrons. The quantitative estimate of drug-likeness (QED) is 0.666. The van der Waals surface area contributed by atoms with Crippen LogP contribution in [0.15, 0.2) is 36.5 Å². The second kappa shape index (κ2) is 7.81. The first-order valence-corrected chi connectivity index (χ1v) is 8.16. The third-order valence-electron chi connectivity index (χ3n) is 3.65. The normalized spacial score (nSPS) is 10.5. The molecule has 0 aliphatic rings. The zero-order valence-electron chi connectivity index (χ0n) is 15.1. The molecule has 0 radical (unpaired) electrons. The van der Waals surface area contributed by atoms with Crippen molar-refractivity contribution in [1.82, 2.24) is 19.7 Å². The summed E-state index contributed by atoms with van der Waals surface area (Å²) >= 11 is 0. The number of hydrogen-bond acceptors (Lipinski definition) is 7. The number of anilines is 2. The smallest absolute Gasteiger partial charge is 0.356 e. The molecule has 27 heavy (non-hydrogen) atoms. The highest BCUT2D eigenvalue weighted by molar-refractivity contribution is 5.88. The van der Waals surface area contributed by atoms with Crippen molar-refractivity contribution in [2.75, 3.05) is 19.0 Å². The van der Waals surface area contributed by atoms with Gasteiger partial charge in [-0.25, -0.2) is 19.2 Å². The van der Waals surface area contributed by atoms with E-state index in [1.807, 2.05) is 0 Å². The summed E-state index contributed by atoms with van der Waals surface area (Å²) in [5, 5.41) is 7.22. The van der Waals surface area contributed by atoms with Crippen LogP contribution in [-0.4, -0.2) is 39.4 Å². The summed E-state index contributed by atoms with van der Waals surface area (Å²) in [6.45, 7) is 2.01. The number of carbonyl (C=O) groups is 1. The van der Waals surface area contributed by atoms with E-state index in [0.717, 1.165) is 0 Å². The number of halogens is 1. The Bertz CT molecular complexity index is 973. The molecule has 2 aromatic heterocycles. The van der Waals surface area contributed by atoms with Crippen LogP contribution in [0.5, 0.6) is 5.75 Å². The number of nitrogens with one attached hydrogen (secondary N) is 1. The lowest BCUT2D eigenvalue weighted by Crippen LogP contribution is -2.10. The maximum Gasteiger partial charge on any atom is 0.356 e. The molecule has 0 saturated heterocycles. The van der Waals surface area contributed by atoms with Crippen LogP contribution in [0.3, 0.4) is 0 Å². The Morgan fingerprint density at radius 3 is 2.81 bits per heavy atom. The van der Waals surface area contributed by atoms with Crippen molar-refractivity contribution in [2.24, 2.45) is 7.05 Å². The summed E-state index contributed by atoms with van der Waals surface area (Å²) < 4.78 is 25.1. The topological polar surface area (TPSA) is 91.2 Å². The minimum Gasteiger partial charge on any atom is -0.497 e. The summed E-state index contributed by atoms with van der Waals surface area (Å²) in [6.07, 6.45) is 1.54. The third-order valence-corrected chi connectivity index (χ3v) is 3.65. The number of ether oxygens (including phenoxy) is 2. The maximum atomic E-state index is 13.6. The molecule has 2 heterocycles. The molecule has 3 aromatic rings. The van der Waals surface area contributed by atoms with E-state index in [0.29, 0.717) is 28.5 Å². The average Bonchev–Trinajstić information content (AvgIpc) is 3.03. The summed E-state index contributed by atoms with van der Waals surface area (Å²) in [5.41, 5.74) is 1.75. The molecule has 0 aliphatic carbocycles. The summed E-state index contributed by atoms with van der Waals surface area (Å²) in [7, 11) is 3.10. The van der Waals surface area contributed by atoms with Crippen molar-refractivity contribution in [3.05, 3.63) is 48.0 Å². The van der Waals surface area contributed by atoms with Crippen molar-refractivity contribution >= 4 is 17.6 Å². The van der Waals surface area contributed by atoms with Gasteiger partial charge in [-0.3, -0.25) is 4.68 Å². The molecule has 1 aromatic carbocycles. The molecular formula is C18H18FN5O3. The number of aromatic nitrogens is 4. The molecule has 3 rings (SSSR count). The van der Waals surface area contributed by atoms with Gasteiger partial charge in [0.05, 0.1) is 19.4 Å². The first-order valence-electron chi connectivity index (χ1n) is 8.16. The van der Waals surface area contributed by atoms with Crippen molar-refractivity contribution in [3.8, 4) is 17.1 Å². The number of carbonyl (C=O) groups excluding carboxylic acids is 1. The predicted molar refractivity (Wildman–Crippen MR) is 96.4 cm³/mol. The summed E-state index contributed by atoms with van der Waals surface area (Å²) in [6, 6.07) is 7.45. The Morgan fingerprint density at radius 2 is 2.07 bits per heavy atom. The van der Waals surface area contributed by atoms with Gasteiger partial charge in [-0.2, -0.15) is 5.10 Å². The van der Waals surface area contributed by atoms with Crippen LogP contribution in [0.25, 0.3) is 11.4 Å². The fraction of sp³-hybridized carbons (Fsp3) is 0.222. The van der Waals surface area contributed by atoms with Crippen LogP contribution in [0.2, 0.25) is 0 Å². The summed E-state index contributed by atoms with van der Waals surface area (Å²) in [4.78, 5) is 20.4. The molecule has 8 nitrogen and oxygen atoms in total. The lowest BCUT2D eigenvalue weighted by molar-refractivity contribution is 0.0513. The first-order chi connectivity index (χ1) is 13.0. The van der Waals surface area contributed by atoms with Gasteiger partial charge in [0.1, 0.15) is 23.0 Å². The van der Waals surface area contributed by atoms with E-state index in [1.54, 1.807) is 38.4 Å². The Morgan fingerprint density at radius 1 is 1.26 bits per heavy atom. The second-order valence-corrected chi connectivity index (χ2v) is 5.53. The minimum atomic E-state index is -0.460. The number of nitrogens with zero attached hydrogens (tertiary/aromatic N) is 4. The Hall–Kier alpha value is -3.49. The largest absolute Gasteiger partial charge is 0.497 e. The Balaban J connectivity index is 1.87. The van der Waals surface area contributed by atoms with Gasteiger partial charge in [0.25, 0.3) is 0 Å². The highest BCUT2D eigenvalue weighted by atomic mass is 19.1.